The number of anilines is 5. The summed E-state index contributed by atoms with van der Waals surface area (Å²) in [6.07, 6.45) is 6.86. The Bertz CT molecular complexity index is 1600. The van der Waals surface area contributed by atoms with E-state index < -0.39 is 0 Å². The number of likely N-dealkylation sites (N-methyl/N-ethyl adjacent to an activating group) is 1. The molecule has 2 bridgehead atoms. The molecule has 1 amide bonds. The van der Waals surface area contributed by atoms with Crippen molar-refractivity contribution in [3.05, 3.63) is 72.8 Å². The monoisotopic (exact) mass is 628 g/mol. The number of hydrogen-bond acceptors (Lipinski definition) is 10. The molecule has 4 aliphatic rings. The lowest BCUT2D eigenvalue weighted by molar-refractivity contribution is -0.111. The fourth-order valence-corrected chi connectivity index (χ4v) is 7.55. The van der Waals surface area contributed by atoms with Crippen molar-refractivity contribution in [2.45, 2.75) is 49.9 Å². The molecular weight excluding hydrogens is 587 g/mol. The van der Waals surface area contributed by atoms with Crippen molar-refractivity contribution in [3.8, 4) is 5.75 Å². The first-order valence-electron chi connectivity index (χ1n) is 16.0. The summed E-state index contributed by atoms with van der Waals surface area (Å²) < 4.78 is 19.8. The van der Waals surface area contributed by atoms with Crippen LogP contribution in [0.4, 0.5) is 33.1 Å². The van der Waals surface area contributed by atoms with Crippen LogP contribution in [0.15, 0.2) is 61.4 Å². The number of nitrogens with zero attached hydrogens (tertiary/aromatic N) is 6. The number of nitrogens with one attached hydrogen (secondary N) is 2. The number of aromatic nitrogens is 2. The molecule has 7 rings (SSSR count). The third kappa shape index (κ3) is 6.00. The van der Waals surface area contributed by atoms with E-state index in [0.717, 1.165) is 37.2 Å². The Morgan fingerprint density at radius 2 is 1.91 bits per heavy atom. The first kappa shape index (κ1) is 30.4. The SMILES string of the molecule is C=CC(=O)Nc1cc(Nc2cc(N3OCC[C@@H]3c3cccc(F)c3)ncn2)c(OC)cc1N1CCC(N2C[C@@H]3C[C@H]2CN3C)CC1. The summed E-state index contributed by atoms with van der Waals surface area (Å²) in [5, 5.41) is 8.06. The van der Waals surface area contributed by atoms with Crippen LogP contribution in [0.3, 0.4) is 0 Å². The van der Waals surface area contributed by atoms with E-state index in [4.69, 9.17) is 9.57 Å². The lowest BCUT2D eigenvalue weighted by Gasteiger charge is -2.43. The molecule has 12 heteroatoms. The first-order valence-corrected chi connectivity index (χ1v) is 16.0. The zero-order chi connectivity index (χ0) is 31.8. The molecule has 4 saturated heterocycles. The van der Waals surface area contributed by atoms with Gasteiger partial charge < -0.3 is 25.2 Å². The van der Waals surface area contributed by atoms with Crippen molar-refractivity contribution in [2.75, 3.05) is 67.5 Å². The summed E-state index contributed by atoms with van der Waals surface area (Å²) in [6.45, 7) is 8.25. The molecule has 0 radical (unpaired) electrons. The Balaban J connectivity index is 1.11. The maximum atomic E-state index is 14.0. The van der Waals surface area contributed by atoms with Crippen LogP contribution in [-0.2, 0) is 9.63 Å². The number of carbonyl (C=O) groups excluding carboxylic acids is 1. The van der Waals surface area contributed by atoms with E-state index in [1.54, 1.807) is 24.3 Å². The van der Waals surface area contributed by atoms with Gasteiger partial charge >= 0.3 is 0 Å². The summed E-state index contributed by atoms with van der Waals surface area (Å²) in [6, 6.07) is 13.9. The lowest BCUT2D eigenvalue weighted by Crippen LogP contribution is -2.52. The number of fused-ring (bicyclic) bond motifs is 2. The quantitative estimate of drug-likeness (QED) is 0.324. The molecule has 0 spiro atoms. The maximum absolute atomic E-state index is 14.0. The van der Waals surface area contributed by atoms with Gasteiger partial charge in [-0.1, -0.05) is 18.7 Å². The smallest absolute Gasteiger partial charge is 0.247 e. The van der Waals surface area contributed by atoms with Crippen molar-refractivity contribution in [1.29, 1.82) is 0 Å². The van der Waals surface area contributed by atoms with E-state index in [-0.39, 0.29) is 17.8 Å². The fourth-order valence-electron chi connectivity index (χ4n) is 7.55. The second kappa shape index (κ2) is 12.9. The Kier molecular flexibility index (Phi) is 8.50. The molecule has 0 saturated carbocycles. The fraction of sp³-hybridized carbons (Fsp3) is 0.441. The third-order valence-electron chi connectivity index (χ3n) is 9.87. The lowest BCUT2D eigenvalue weighted by atomic mass is 10.0. The predicted molar refractivity (Wildman–Crippen MR) is 176 cm³/mol. The van der Waals surface area contributed by atoms with Crippen molar-refractivity contribution >= 4 is 34.6 Å². The molecule has 4 fully saturated rings. The number of rotatable bonds is 9. The molecule has 242 valence electrons. The van der Waals surface area contributed by atoms with Gasteiger partial charge in [-0.2, -0.15) is 0 Å². The van der Waals surface area contributed by atoms with E-state index in [1.807, 2.05) is 18.2 Å². The van der Waals surface area contributed by atoms with Crippen molar-refractivity contribution in [3.63, 3.8) is 0 Å². The number of ether oxygens (including phenoxy) is 1. The number of hydrogen-bond donors (Lipinski definition) is 2. The van der Waals surface area contributed by atoms with Gasteiger partial charge in [0.15, 0.2) is 5.82 Å². The Morgan fingerprint density at radius 3 is 2.63 bits per heavy atom. The van der Waals surface area contributed by atoms with Gasteiger partial charge in [0.1, 0.15) is 23.7 Å². The van der Waals surface area contributed by atoms with Crippen LogP contribution in [-0.4, -0.2) is 90.7 Å². The van der Waals surface area contributed by atoms with Crippen LogP contribution in [0.2, 0.25) is 0 Å². The first-order chi connectivity index (χ1) is 22.4. The number of halogens is 1. The standard InChI is InChI=1S/C34H41FN8O3/c1-4-34(44)39-27-16-28(38-32-18-33(37-21-36-32)43-29(10-13-46-43)22-6-5-7-23(35)14-22)31(45-3)17-30(27)41-11-8-24(9-12-41)42-20-25-15-26(42)19-40(25)2/h4-7,14,16-18,21,24-26,29H,1,8-13,15,19-20H2,2-3H3,(H,39,44)(H,36,37,38)/t25-,26-,29+/m0/s1. The summed E-state index contributed by atoms with van der Waals surface area (Å²) in [5.74, 6) is 1.09. The van der Waals surface area contributed by atoms with Crippen LogP contribution in [0, 0.1) is 5.82 Å². The second-order valence-corrected chi connectivity index (χ2v) is 12.6. The highest BCUT2D eigenvalue weighted by atomic mass is 19.1. The molecule has 4 aliphatic heterocycles. The summed E-state index contributed by atoms with van der Waals surface area (Å²) in [4.78, 5) is 34.9. The van der Waals surface area contributed by atoms with E-state index in [1.165, 1.54) is 44.0 Å². The van der Waals surface area contributed by atoms with E-state index in [0.29, 0.717) is 59.9 Å². The third-order valence-corrected chi connectivity index (χ3v) is 9.87. The van der Waals surface area contributed by atoms with Crippen molar-refractivity contribution < 1.29 is 18.8 Å². The van der Waals surface area contributed by atoms with E-state index in [2.05, 4.69) is 48.9 Å². The zero-order valence-corrected chi connectivity index (χ0v) is 26.4. The van der Waals surface area contributed by atoms with Gasteiger partial charge in [0, 0.05) is 62.9 Å². The highest BCUT2D eigenvalue weighted by Crippen LogP contribution is 2.41. The number of piperidine rings is 1. The Labute approximate surface area is 268 Å². The molecule has 3 aromatic rings. The number of methoxy groups -OCH3 is 1. The highest BCUT2D eigenvalue weighted by molar-refractivity contribution is 6.02. The minimum atomic E-state index is -0.292. The average molecular weight is 629 g/mol. The number of amides is 1. The van der Waals surface area contributed by atoms with Crippen LogP contribution in [0.25, 0.3) is 0 Å². The predicted octanol–water partition coefficient (Wildman–Crippen LogP) is 4.73. The molecule has 2 N–H and O–H groups in total. The van der Waals surface area contributed by atoms with Gasteiger partial charge in [-0.05, 0) is 56.1 Å². The largest absolute Gasteiger partial charge is 0.494 e. The Hall–Kier alpha value is -4.26. The molecular formula is C34H41FN8O3. The number of piperazine rings is 1. The van der Waals surface area contributed by atoms with Crippen LogP contribution < -0.4 is 25.3 Å². The van der Waals surface area contributed by atoms with Crippen molar-refractivity contribution in [2.24, 2.45) is 0 Å². The molecule has 0 unspecified atom stereocenters. The Morgan fingerprint density at radius 1 is 1.07 bits per heavy atom. The van der Waals surface area contributed by atoms with Crippen LogP contribution in [0.5, 0.6) is 5.75 Å². The van der Waals surface area contributed by atoms with Gasteiger partial charge in [0.2, 0.25) is 5.91 Å². The van der Waals surface area contributed by atoms with Gasteiger partial charge in [0.25, 0.3) is 0 Å². The zero-order valence-electron chi connectivity index (χ0n) is 26.4. The number of hydroxylamine groups is 1. The van der Waals surface area contributed by atoms with Gasteiger partial charge in [-0.15, -0.1) is 0 Å². The molecule has 11 nitrogen and oxygen atoms in total. The van der Waals surface area contributed by atoms with E-state index >= 15 is 0 Å². The molecule has 5 heterocycles. The number of benzene rings is 2. The topological polar surface area (TPSA) is 98.3 Å². The van der Waals surface area contributed by atoms with Gasteiger partial charge in [-0.25, -0.2) is 19.4 Å². The summed E-state index contributed by atoms with van der Waals surface area (Å²) in [7, 11) is 3.87. The average Bonchev–Trinajstić information content (AvgIpc) is 3.82. The molecule has 2 aromatic carbocycles. The number of likely N-dealkylation sites (tertiary alicyclic amines) is 2. The van der Waals surface area contributed by atoms with Crippen LogP contribution >= 0.6 is 0 Å². The van der Waals surface area contributed by atoms with Gasteiger partial charge in [-0.3, -0.25) is 14.5 Å². The summed E-state index contributed by atoms with van der Waals surface area (Å²) >= 11 is 0. The molecule has 3 atom stereocenters. The number of carbonyl (C=O) groups is 1. The minimum Gasteiger partial charge on any atom is -0.494 e. The van der Waals surface area contributed by atoms with E-state index in [9.17, 15) is 9.18 Å². The minimum absolute atomic E-state index is 0.181. The molecule has 46 heavy (non-hydrogen) atoms. The highest BCUT2D eigenvalue weighted by Gasteiger charge is 2.44. The van der Waals surface area contributed by atoms with Gasteiger partial charge in [0.05, 0.1) is 36.8 Å². The van der Waals surface area contributed by atoms with Crippen molar-refractivity contribution in [1.82, 2.24) is 19.8 Å². The second-order valence-electron chi connectivity index (χ2n) is 12.6. The molecule has 1 aromatic heterocycles. The van der Waals surface area contributed by atoms with Crippen LogP contribution in [0.1, 0.15) is 37.3 Å². The maximum Gasteiger partial charge on any atom is 0.247 e. The molecule has 0 aliphatic carbocycles. The normalized spacial score (nSPS) is 23.6. The summed E-state index contributed by atoms with van der Waals surface area (Å²) in [5.41, 5.74) is 3.02.